The molecule has 0 bridgehead atoms. The second kappa shape index (κ2) is 8.67. The Kier molecular flexibility index (Phi) is 13.9. The number of Topliss-reactive ketones (excluding diaryl/α,β-unsaturated/α-hetero) is 1. The van der Waals surface area contributed by atoms with Gasteiger partial charge in [-0.05, 0) is 5.75 Å². The molecule has 0 aromatic rings. The van der Waals surface area contributed by atoms with Crippen LogP contribution in [0.15, 0.2) is 0 Å². The van der Waals surface area contributed by atoms with Crippen LogP contribution in [0.5, 0.6) is 0 Å². The van der Waals surface area contributed by atoms with Crippen LogP contribution in [0.3, 0.4) is 0 Å². The van der Waals surface area contributed by atoms with Gasteiger partial charge in [0, 0.05) is 5.92 Å². The Bertz CT molecular complexity index is 167. The van der Waals surface area contributed by atoms with Crippen molar-refractivity contribution in [1.82, 2.24) is 0 Å². The van der Waals surface area contributed by atoms with Crippen molar-refractivity contribution in [3.8, 4) is 0 Å². The fraction of sp³-hybridized carbons (Fsp3) is 0.800. The average molecular weight is 189 g/mol. The van der Waals surface area contributed by atoms with Gasteiger partial charge in [-0.25, -0.2) is 0 Å². The van der Waals surface area contributed by atoms with E-state index in [-0.39, 0.29) is 52.5 Å². The van der Waals surface area contributed by atoms with E-state index >= 15 is 0 Å². The number of carbonyl (C=O) groups is 1. The van der Waals surface area contributed by atoms with Gasteiger partial charge in [-0.15, -0.1) is 0 Å². The maximum Gasteiger partial charge on any atom is 1.00 e. The molecular formula is C5H10NaO4S-. The number of carbonyl (C=O) groups excluding carboxylic acids is 1. The van der Waals surface area contributed by atoms with Crippen molar-refractivity contribution >= 4 is 16.5 Å². The maximum atomic E-state index is 10.6. The van der Waals surface area contributed by atoms with E-state index < -0.39 is 10.7 Å². The van der Waals surface area contributed by atoms with E-state index in [2.05, 4.69) is 0 Å². The van der Waals surface area contributed by atoms with Gasteiger partial charge in [-0.2, -0.15) is 0 Å². The van der Waals surface area contributed by atoms with E-state index in [4.69, 9.17) is 0 Å². The summed E-state index contributed by atoms with van der Waals surface area (Å²) < 4.78 is 19.8. The minimum atomic E-state index is -2.22. The maximum absolute atomic E-state index is 10.6. The van der Waals surface area contributed by atoms with Gasteiger partial charge in [0.2, 0.25) is 0 Å². The van der Waals surface area contributed by atoms with Gasteiger partial charge >= 0.3 is 29.6 Å². The van der Waals surface area contributed by atoms with E-state index in [1.54, 1.807) is 13.8 Å². The second-order valence-corrected chi connectivity index (χ2v) is 2.97. The fourth-order valence-corrected chi connectivity index (χ4v) is 0.848. The molecule has 0 saturated heterocycles. The van der Waals surface area contributed by atoms with E-state index in [1.165, 1.54) is 0 Å². The smallest absolute Gasteiger partial charge is 0.870 e. The SMILES string of the molecule is CC(C)C(=O)C[S-](=O)=O.[Na+].[OH-]. The number of hydrogen-bond donors (Lipinski definition) is 0. The Hall–Kier alpha value is 0.580. The van der Waals surface area contributed by atoms with Crippen LogP contribution >= 0.6 is 0 Å². The van der Waals surface area contributed by atoms with Gasteiger partial charge in [0.05, 0.1) is 0 Å². The Morgan fingerprint density at radius 3 is 1.82 bits per heavy atom. The van der Waals surface area contributed by atoms with Gasteiger partial charge < -0.3 is 18.7 Å². The molecule has 0 aliphatic rings. The zero-order chi connectivity index (χ0) is 7.44. The molecule has 0 radical (unpaired) electrons. The van der Waals surface area contributed by atoms with Crippen molar-refractivity contribution in [2.75, 3.05) is 5.75 Å². The van der Waals surface area contributed by atoms with Gasteiger partial charge in [0.25, 0.3) is 0 Å². The fourth-order valence-electron chi connectivity index (χ4n) is 0.283. The summed E-state index contributed by atoms with van der Waals surface area (Å²) in [5.74, 6) is -0.760. The second-order valence-electron chi connectivity index (χ2n) is 2.07. The van der Waals surface area contributed by atoms with Gasteiger partial charge in [-0.1, -0.05) is 24.6 Å². The predicted molar refractivity (Wildman–Crippen MR) is 35.4 cm³/mol. The molecule has 1 N–H and O–H groups in total. The molecule has 0 aliphatic heterocycles. The molecule has 11 heavy (non-hydrogen) atoms. The quantitative estimate of drug-likeness (QED) is 0.358. The summed E-state index contributed by atoms with van der Waals surface area (Å²) in [6, 6.07) is 0. The first-order valence-electron chi connectivity index (χ1n) is 2.62. The molecule has 0 amide bonds. The zero-order valence-electron chi connectivity index (χ0n) is 6.86. The largest absolute Gasteiger partial charge is 1.00 e. The Labute approximate surface area is 89.9 Å². The molecule has 0 aromatic carbocycles. The molecule has 0 aromatic heterocycles. The number of rotatable bonds is 3. The third-order valence-electron chi connectivity index (χ3n) is 0.904. The minimum Gasteiger partial charge on any atom is -0.870 e. The summed E-state index contributed by atoms with van der Waals surface area (Å²) in [6.07, 6.45) is 0. The zero-order valence-corrected chi connectivity index (χ0v) is 9.68. The third kappa shape index (κ3) is 10.6. The standard InChI is InChI=1S/C5H9O3S.Na.H2O/c1-4(2)5(6)3-9(7)8;;/h4H,3H2,1-2H3;;1H2/q-1;+1;/p-1. The van der Waals surface area contributed by atoms with Crippen LogP contribution in [0.2, 0.25) is 0 Å². The molecule has 6 heteroatoms. The third-order valence-corrected chi connectivity index (χ3v) is 1.42. The molecule has 0 unspecified atom stereocenters. The van der Waals surface area contributed by atoms with Crippen LogP contribution < -0.4 is 29.6 Å². The van der Waals surface area contributed by atoms with Crippen LogP contribution in [0.4, 0.5) is 0 Å². The molecule has 0 atom stereocenters. The van der Waals surface area contributed by atoms with E-state index in [1.807, 2.05) is 0 Å². The van der Waals surface area contributed by atoms with Crippen molar-refractivity contribution in [2.24, 2.45) is 5.92 Å². The summed E-state index contributed by atoms with van der Waals surface area (Å²) in [5.41, 5.74) is 0. The van der Waals surface area contributed by atoms with Crippen LogP contribution in [0.1, 0.15) is 13.8 Å². The minimum absolute atomic E-state index is 0. The number of hydrogen-bond acceptors (Lipinski definition) is 5. The van der Waals surface area contributed by atoms with Gasteiger partial charge in [0.15, 0.2) is 0 Å². The molecule has 0 fully saturated rings. The molecule has 0 saturated carbocycles. The molecule has 62 valence electrons. The van der Waals surface area contributed by atoms with Crippen molar-refractivity contribution in [3.63, 3.8) is 0 Å². The van der Waals surface area contributed by atoms with Gasteiger partial charge in [0.1, 0.15) is 5.78 Å². The predicted octanol–water partition coefficient (Wildman–Crippen LogP) is -2.65. The van der Waals surface area contributed by atoms with Crippen molar-refractivity contribution in [1.29, 1.82) is 0 Å². The summed E-state index contributed by atoms with van der Waals surface area (Å²) >= 11 is 0. The topological polar surface area (TPSA) is 81.2 Å². The van der Waals surface area contributed by atoms with Crippen LogP contribution in [-0.4, -0.2) is 17.0 Å². The first-order chi connectivity index (χ1) is 4.04. The Balaban J connectivity index is -0.000000320. The Morgan fingerprint density at radius 2 is 1.73 bits per heavy atom. The molecule has 0 heterocycles. The molecule has 0 rings (SSSR count). The number of ketones is 1. The normalized spacial score (nSPS) is 8.73. The monoisotopic (exact) mass is 189 g/mol. The van der Waals surface area contributed by atoms with Crippen molar-refractivity contribution in [2.45, 2.75) is 13.8 Å². The summed E-state index contributed by atoms with van der Waals surface area (Å²) in [6.45, 7) is 3.35. The average Bonchev–Trinajstić information content (AvgIpc) is 1.63. The van der Waals surface area contributed by atoms with Crippen LogP contribution in [0, 0.1) is 5.92 Å². The summed E-state index contributed by atoms with van der Waals surface area (Å²) in [4.78, 5) is 10.6. The van der Waals surface area contributed by atoms with E-state index in [9.17, 15) is 13.2 Å². The molecular weight excluding hydrogens is 179 g/mol. The Morgan fingerprint density at radius 1 is 1.36 bits per heavy atom. The first-order valence-corrected chi connectivity index (χ1v) is 3.87. The van der Waals surface area contributed by atoms with Crippen LogP contribution in [-0.2, 0) is 23.9 Å². The van der Waals surface area contributed by atoms with Gasteiger partial charge in [-0.3, -0.25) is 0 Å². The van der Waals surface area contributed by atoms with E-state index in [0.717, 1.165) is 0 Å². The van der Waals surface area contributed by atoms with Crippen molar-refractivity contribution < 1.29 is 48.2 Å². The first kappa shape index (κ1) is 17.6. The summed E-state index contributed by atoms with van der Waals surface area (Å²) in [5, 5.41) is 0. The summed E-state index contributed by atoms with van der Waals surface area (Å²) in [7, 11) is -2.22. The van der Waals surface area contributed by atoms with Crippen molar-refractivity contribution in [3.05, 3.63) is 0 Å². The molecule has 4 nitrogen and oxygen atoms in total. The molecule has 0 aliphatic carbocycles. The van der Waals surface area contributed by atoms with Crippen LogP contribution in [0.25, 0.3) is 0 Å². The van der Waals surface area contributed by atoms with E-state index in [0.29, 0.717) is 0 Å². The molecule has 0 spiro atoms.